The number of pyridine rings is 1. The van der Waals surface area contributed by atoms with E-state index in [4.69, 9.17) is 4.74 Å². The van der Waals surface area contributed by atoms with Gasteiger partial charge in [-0.3, -0.25) is 14.6 Å². The first-order chi connectivity index (χ1) is 12.1. The number of aryl methyl sites for hydroxylation is 1. The standard InChI is InChI=1S/C19H23N3O3/c1-15-7-9-16(10-8-15)25-14-4-6-18(23)21-12-13-22-19(24)17-5-2-3-11-20-17/h2-3,5,7-11H,4,6,12-14H2,1H3,(H,21,23)(H,22,24). The third-order valence-electron chi connectivity index (χ3n) is 3.47. The Kier molecular flexibility index (Phi) is 7.43. The predicted molar refractivity (Wildman–Crippen MR) is 95.5 cm³/mol. The third kappa shape index (κ3) is 7.03. The molecule has 2 rings (SSSR count). The highest BCUT2D eigenvalue weighted by atomic mass is 16.5. The molecule has 132 valence electrons. The molecule has 1 aromatic carbocycles. The number of nitrogens with one attached hydrogen (secondary N) is 2. The van der Waals surface area contributed by atoms with Crippen LogP contribution in [0.25, 0.3) is 0 Å². The molecule has 1 heterocycles. The molecule has 0 radical (unpaired) electrons. The minimum absolute atomic E-state index is 0.0559. The molecule has 1 aromatic heterocycles. The monoisotopic (exact) mass is 341 g/mol. The van der Waals surface area contributed by atoms with Crippen LogP contribution in [0.3, 0.4) is 0 Å². The van der Waals surface area contributed by atoms with Crippen molar-refractivity contribution >= 4 is 11.8 Å². The van der Waals surface area contributed by atoms with Gasteiger partial charge in [0.1, 0.15) is 11.4 Å². The molecule has 6 heteroatoms. The summed E-state index contributed by atoms with van der Waals surface area (Å²) >= 11 is 0. The quantitative estimate of drug-likeness (QED) is 0.685. The Morgan fingerprint density at radius 2 is 1.80 bits per heavy atom. The molecule has 0 aliphatic heterocycles. The predicted octanol–water partition coefficient (Wildman–Crippen LogP) is 2.10. The number of benzene rings is 1. The molecule has 0 aliphatic rings. The van der Waals surface area contributed by atoms with E-state index in [0.29, 0.717) is 38.2 Å². The number of carbonyl (C=O) groups excluding carboxylic acids is 2. The Morgan fingerprint density at radius 3 is 2.52 bits per heavy atom. The van der Waals surface area contributed by atoms with Crippen LogP contribution in [0, 0.1) is 6.92 Å². The van der Waals surface area contributed by atoms with E-state index in [-0.39, 0.29) is 11.8 Å². The van der Waals surface area contributed by atoms with E-state index >= 15 is 0 Å². The number of hydrogen-bond acceptors (Lipinski definition) is 4. The molecule has 0 saturated heterocycles. The van der Waals surface area contributed by atoms with Gasteiger partial charge < -0.3 is 15.4 Å². The number of rotatable bonds is 9. The summed E-state index contributed by atoms with van der Waals surface area (Å²) < 4.78 is 5.57. The van der Waals surface area contributed by atoms with Gasteiger partial charge in [-0.2, -0.15) is 0 Å². The molecule has 0 fully saturated rings. The number of carbonyl (C=O) groups is 2. The zero-order chi connectivity index (χ0) is 17.9. The highest BCUT2D eigenvalue weighted by molar-refractivity contribution is 5.92. The zero-order valence-electron chi connectivity index (χ0n) is 14.3. The van der Waals surface area contributed by atoms with Gasteiger partial charge in [0.2, 0.25) is 5.91 Å². The number of aromatic nitrogens is 1. The second-order valence-electron chi connectivity index (χ2n) is 5.59. The van der Waals surface area contributed by atoms with Gasteiger partial charge >= 0.3 is 0 Å². The summed E-state index contributed by atoms with van der Waals surface area (Å²) in [4.78, 5) is 27.4. The van der Waals surface area contributed by atoms with Crippen molar-refractivity contribution in [3.63, 3.8) is 0 Å². The van der Waals surface area contributed by atoms with Gasteiger partial charge in [0, 0.05) is 25.7 Å². The summed E-state index contributed by atoms with van der Waals surface area (Å²) in [6, 6.07) is 13.0. The van der Waals surface area contributed by atoms with Gasteiger partial charge in [-0.15, -0.1) is 0 Å². The van der Waals surface area contributed by atoms with Crippen molar-refractivity contribution in [3.05, 3.63) is 59.9 Å². The molecule has 6 nitrogen and oxygen atoms in total. The molecule has 25 heavy (non-hydrogen) atoms. The lowest BCUT2D eigenvalue weighted by Crippen LogP contribution is -2.35. The molecule has 2 N–H and O–H groups in total. The zero-order valence-corrected chi connectivity index (χ0v) is 14.3. The first kappa shape index (κ1) is 18.4. The lowest BCUT2D eigenvalue weighted by Gasteiger charge is -2.08. The highest BCUT2D eigenvalue weighted by Crippen LogP contribution is 2.11. The minimum Gasteiger partial charge on any atom is -0.494 e. The van der Waals surface area contributed by atoms with Crippen molar-refractivity contribution in [2.75, 3.05) is 19.7 Å². The fourth-order valence-electron chi connectivity index (χ4n) is 2.11. The summed E-state index contributed by atoms with van der Waals surface area (Å²) in [7, 11) is 0. The summed E-state index contributed by atoms with van der Waals surface area (Å²) in [5.74, 6) is 0.504. The van der Waals surface area contributed by atoms with Crippen LogP contribution in [0.1, 0.15) is 28.9 Å². The molecule has 0 atom stereocenters. The molecule has 0 saturated carbocycles. The molecule has 2 amide bonds. The average Bonchev–Trinajstić information content (AvgIpc) is 2.64. The second-order valence-corrected chi connectivity index (χ2v) is 5.59. The molecule has 2 aromatic rings. The first-order valence-corrected chi connectivity index (χ1v) is 8.30. The van der Waals surface area contributed by atoms with E-state index in [0.717, 1.165) is 5.75 Å². The van der Waals surface area contributed by atoms with Crippen molar-refractivity contribution in [3.8, 4) is 5.75 Å². The topological polar surface area (TPSA) is 80.3 Å². The molecular formula is C19H23N3O3. The summed E-state index contributed by atoms with van der Waals surface area (Å²) in [5.41, 5.74) is 1.55. The maximum Gasteiger partial charge on any atom is 0.269 e. The van der Waals surface area contributed by atoms with Gasteiger partial charge in [0.15, 0.2) is 0 Å². The van der Waals surface area contributed by atoms with E-state index in [1.807, 2.05) is 31.2 Å². The molecule has 0 bridgehead atoms. The highest BCUT2D eigenvalue weighted by Gasteiger charge is 2.05. The SMILES string of the molecule is Cc1ccc(OCCCC(=O)NCCNC(=O)c2ccccn2)cc1. The van der Waals surface area contributed by atoms with E-state index in [1.54, 1.807) is 24.4 Å². The Balaban J connectivity index is 1.52. The van der Waals surface area contributed by atoms with Gasteiger partial charge in [-0.25, -0.2) is 0 Å². The lowest BCUT2D eigenvalue weighted by molar-refractivity contribution is -0.121. The van der Waals surface area contributed by atoms with Crippen LogP contribution in [0.5, 0.6) is 5.75 Å². The largest absolute Gasteiger partial charge is 0.494 e. The second kappa shape index (κ2) is 10.1. The van der Waals surface area contributed by atoms with Crippen LogP contribution in [-0.2, 0) is 4.79 Å². The van der Waals surface area contributed by atoms with Crippen molar-refractivity contribution in [1.29, 1.82) is 0 Å². The average molecular weight is 341 g/mol. The van der Waals surface area contributed by atoms with Crippen LogP contribution in [0.2, 0.25) is 0 Å². The summed E-state index contributed by atoms with van der Waals surface area (Å²) in [6.07, 6.45) is 2.59. The first-order valence-electron chi connectivity index (χ1n) is 8.30. The summed E-state index contributed by atoms with van der Waals surface area (Å²) in [6.45, 7) is 3.26. The van der Waals surface area contributed by atoms with Gasteiger partial charge in [0.05, 0.1) is 6.61 Å². The Bertz CT molecular complexity index is 672. The number of ether oxygens (including phenoxy) is 1. The van der Waals surface area contributed by atoms with Crippen LogP contribution < -0.4 is 15.4 Å². The third-order valence-corrected chi connectivity index (χ3v) is 3.47. The van der Waals surface area contributed by atoms with Crippen LogP contribution >= 0.6 is 0 Å². The van der Waals surface area contributed by atoms with Crippen molar-refractivity contribution in [2.24, 2.45) is 0 Å². The molecule has 0 aliphatic carbocycles. The van der Waals surface area contributed by atoms with Crippen LogP contribution in [0.15, 0.2) is 48.7 Å². The van der Waals surface area contributed by atoms with Crippen LogP contribution in [0.4, 0.5) is 0 Å². The fourth-order valence-corrected chi connectivity index (χ4v) is 2.11. The minimum atomic E-state index is -0.249. The van der Waals surface area contributed by atoms with Crippen molar-refractivity contribution in [1.82, 2.24) is 15.6 Å². The molecule has 0 unspecified atom stereocenters. The summed E-state index contributed by atoms with van der Waals surface area (Å²) in [5, 5.41) is 5.47. The fraction of sp³-hybridized carbons (Fsp3) is 0.316. The van der Waals surface area contributed by atoms with Gasteiger partial charge in [-0.1, -0.05) is 23.8 Å². The van der Waals surface area contributed by atoms with Crippen molar-refractivity contribution < 1.29 is 14.3 Å². The molecular weight excluding hydrogens is 318 g/mol. The number of nitrogens with zero attached hydrogens (tertiary/aromatic N) is 1. The smallest absolute Gasteiger partial charge is 0.269 e. The van der Waals surface area contributed by atoms with E-state index < -0.39 is 0 Å². The van der Waals surface area contributed by atoms with E-state index in [1.165, 1.54) is 5.56 Å². The Labute approximate surface area is 147 Å². The van der Waals surface area contributed by atoms with Gasteiger partial charge in [-0.05, 0) is 37.6 Å². The van der Waals surface area contributed by atoms with Crippen molar-refractivity contribution in [2.45, 2.75) is 19.8 Å². The molecule has 0 spiro atoms. The number of hydrogen-bond donors (Lipinski definition) is 2. The Hall–Kier alpha value is -2.89. The maximum atomic E-state index is 11.8. The van der Waals surface area contributed by atoms with E-state index in [2.05, 4.69) is 15.6 Å². The van der Waals surface area contributed by atoms with Crippen LogP contribution in [-0.4, -0.2) is 36.5 Å². The Morgan fingerprint density at radius 1 is 1.04 bits per heavy atom. The lowest BCUT2D eigenvalue weighted by atomic mass is 10.2. The van der Waals surface area contributed by atoms with E-state index in [9.17, 15) is 9.59 Å². The maximum absolute atomic E-state index is 11.8. The number of amides is 2. The van der Waals surface area contributed by atoms with Gasteiger partial charge in [0.25, 0.3) is 5.91 Å². The normalized spacial score (nSPS) is 10.1.